The van der Waals surface area contributed by atoms with Crippen molar-refractivity contribution in [2.75, 3.05) is 11.4 Å². The van der Waals surface area contributed by atoms with Gasteiger partial charge < -0.3 is 10.2 Å². The number of pyridine rings is 3. The number of hydrogen-bond acceptors (Lipinski definition) is 5. The molecule has 182 valence electrons. The summed E-state index contributed by atoms with van der Waals surface area (Å²) in [5, 5.41) is 2.98. The van der Waals surface area contributed by atoms with Crippen LogP contribution in [0.3, 0.4) is 0 Å². The zero-order valence-electron chi connectivity index (χ0n) is 20.2. The van der Waals surface area contributed by atoms with Crippen molar-refractivity contribution < 1.29 is 9.59 Å². The van der Waals surface area contributed by atoms with Crippen molar-refractivity contribution in [2.45, 2.75) is 25.8 Å². The number of nitrogens with zero attached hydrogens (tertiary/aromatic N) is 4. The molecule has 1 saturated heterocycles. The van der Waals surface area contributed by atoms with Crippen LogP contribution in [0.2, 0.25) is 0 Å². The highest BCUT2D eigenvalue weighted by Crippen LogP contribution is 2.34. The summed E-state index contributed by atoms with van der Waals surface area (Å²) in [6.07, 6.45) is 12.9. The molecule has 7 nitrogen and oxygen atoms in total. The van der Waals surface area contributed by atoms with Crippen LogP contribution in [0, 0.1) is 0 Å². The molecule has 6 rings (SSSR count). The van der Waals surface area contributed by atoms with Gasteiger partial charge in [0.05, 0.1) is 5.69 Å². The summed E-state index contributed by atoms with van der Waals surface area (Å²) in [7, 11) is 0. The van der Waals surface area contributed by atoms with Crippen molar-refractivity contribution in [2.24, 2.45) is 0 Å². The Morgan fingerprint density at radius 2 is 1.81 bits per heavy atom. The van der Waals surface area contributed by atoms with E-state index in [1.54, 1.807) is 18.6 Å². The van der Waals surface area contributed by atoms with Crippen LogP contribution < -0.4 is 10.2 Å². The molecule has 0 bridgehead atoms. The third-order valence-corrected chi connectivity index (χ3v) is 6.85. The summed E-state index contributed by atoms with van der Waals surface area (Å²) in [5.41, 5.74) is 8.38. The van der Waals surface area contributed by atoms with E-state index in [0.29, 0.717) is 25.0 Å². The SMILES string of the molecule is O=C(NCc1cccnc1)C1=Cc2c(-c3cncc(-c4ccc(N5CCCC5=O)cc4)c3)ccnc2C1. The van der Waals surface area contributed by atoms with E-state index >= 15 is 0 Å². The van der Waals surface area contributed by atoms with Crippen LogP contribution in [-0.4, -0.2) is 33.3 Å². The quantitative estimate of drug-likeness (QED) is 0.430. The zero-order chi connectivity index (χ0) is 25.2. The van der Waals surface area contributed by atoms with Crippen molar-refractivity contribution in [3.8, 4) is 22.3 Å². The van der Waals surface area contributed by atoms with Crippen molar-refractivity contribution in [3.63, 3.8) is 0 Å². The Labute approximate surface area is 214 Å². The van der Waals surface area contributed by atoms with Crippen molar-refractivity contribution in [1.82, 2.24) is 20.3 Å². The van der Waals surface area contributed by atoms with Crippen LogP contribution in [0.15, 0.2) is 85.1 Å². The standard InChI is InChI=1S/C30H25N5O2/c36-29-4-2-12-35(29)25-7-5-21(6-8-25)23-13-24(19-32-18-23)26-9-11-33-28-15-22(14-27(26)28)30(37)34-17-20-3-1-10-31-16-20/h1,3,5-11,13-14,16,18-19H,2,4,12,15,17H2,(H,34,37). The van der Waals surface area contributed by atoms with E-state index in [-0.39, 0.29) is 11.8 Å². The Hall–Kier alpha value is -4.65. The minimum absolute atomic E-state index is 0.101. The number of fused-ring (bicyclic) bond motifs is 1. The van der Waals surface area contributed by atoms with Gasteiger partial charge in [0.1, 0.15) is 0 Å². The van der Waals surface area contributed by atoms with E-state index < -0.39 is 0 Å². The van der Waals surface area contributed by atoms with Crippen molar-refractivity contribution in [3.05, 3.63) is 102 Å². The van der Waals surface area contributed by atoms with Gasteiger partial charge in [-0.2, -0.15) is 0 Å². The molecular weight excluding hydrogens is 462 g/mol. The lowest BCUT2D eigenvalue weighted by atomic mass is 9.98. The molecule has 0 spiro atoms. The number of anilines is 1. The fourth-order valence-corrected chi connectivity index (χ4v) is 4.92. The van der Waals surface area contributed by atoms with Crippen LogP contribution >= 0.6 is 0 Å². The Balaban J connectivity index is 1.23. The minimum atomic E-state index is -0.101. The van der Waals surface area contributed by atoms with E-state index in [4.69, 9.17) is 0 Å². The molecule has 1 aliphatic carbocycles. The number of aromatic nitrogens is 3. The van der Waals surface area contributed by atoms with E-state index in [9.17, 15) is 9.59 Å². The number of nitrogens with one attached hydrogen (secondary N) is 1. The summed E-state index contributed by atoms with van der Waals surface area (Å²) in [4.78, 5) is 39.9. The topological polar surface area (TPSA) is 88.1 Å². The second-order valence-corrected chi connectivity index (χ2v) is 9.27. The van der Waals surface area contributed by atoms with Gasteiger partial charge in [0.25, 0.3) is 0 Å². The Bertz CT molecular complexity index is 1510. The monoisotopic (exact) mass is 487 g/mol. The average molecular weight is 488 g/mol. The van der Waals surface area contributed by atoms with Crippen LogP contribution in [0.1, 0.15) is 29.7 Å². The van der Waals surface area contributed by atoms with E-state index in [2.05, 4.69) is 26.3 Å². The van der Waals surface area contributed by atoms with Gasteiger partial charge >= 0.3 is 0 Å². The smallest absolute Gasteiger partial charge is 0.247 e. The molecule has 0 unspecified atom stereocenters. The number of amides is 2. The van der Waals surface area contributed by atoms with E-state index in [1.165, 1.54) is 0 Å². The lowest BCUT2D eigenvalue weighted by Gasteiger charge is -2.16. The van der Waals surface area contributed by atoms with Gasteiger partial charge in [-0.15, -0.1) is 0 Å². The number of carbonyl (C=O) groups excluding carboxylic acids is 2. The summed E-state index contributed by atoms with van der Waals surface area (Å²) in [6, 6.07) is 15.9. The van der Waals surface area contributed by atoms with Crippen molar-refractivity contribution >= 4 is 23.6 Å². The Morgan fingerprint density at radius 1 is 0.946 bits per heavy atom. The molecule has 37 heavy (non-hydrogen) atoms. The van der Waals surface area contributed by atoms with Gasteiger partial charge in [-0.3, -0.25) is 24.5 Å². The summed E-state index contributed by atoms with van der Waals surface area (Å²) >= 11 is 0. The average Bonchev–Trinajstić information content (AvgIpc) is 3.59. The second kappa shape index (κ2) is 9.78. The predicted molar refractivity (Wildman–Crippen MR) is 142 cm³/mol. The third-order valence-electron chi connectivity index (χ3n) is 6.85. The highest BCUT2D eigenvalue weighted by Gasteiger charge is 2.23. The molecule has 1 aromatic carbocycles. The van der Waals surface area contributed by atoms with Gasteiger partial charge in [0.2, 0.25) is 11.8 Å². The van der Waals surface area contributed by atoms with Crippen LogP contribution in [0.4, 0.5) is 5.69 Å². The fraction of sp³-hybridized carbons (Fsp3) is 0.167. The first-order chi connectivity index (χ1) is 18.2. The molecule has 2 aliphatic rings. The highest BCUT2D eigenvalue weighted by atomic mass is 16.2. The lowest BCUT2D eigenvalue weighted by molar-refractivity contribution is -0.118. The van der Waals surface area contributed by atoms with Crippen LogP contribution in [0.5, 0.6) is 0 Å². The predicted octanol–water partition coefficient (Wildman–Crippen LogP) is 4.59. The second-order valence-electron chi connectivity index (χ2n) is 9.27. The third kappa shape index (κ3) is 4.63. The summed E-state index contributed by atoms with van der Waals surface area (Å²) < 4.78 is 0. The van der Waals surface area contributed by atoms with Crippen LogP contribution in [-0.2, 0) is 22.6 Å². The van der Waals surface area contributed by atoms with Gasteiger partial charge in [0, 0.05) is 84.9 Å². The molecule has 4 aromatic rings. The van der Waals surface area contributed by atoms with Gasteiger partial charge in [0.15, 0.2) is 0 Å². The maximum atomic E-state index is 12.9. The van der Waals surface area contributed by atoms with E-state index in [0.717, 1.165) is 57.7 Å². The number of carbonyl (C=O) groups is 2. The number of hydrogen-bond donors (Lipinski definition) is 1. The van der Waals surface area contributed by atoms with Crippen molar-refractivity contribution in [1.29, 1.82) is 0 Å². The molecule has 1 aliphatic heterocycles. The maximum Gasteiger partial charge on any atom is 0.247 e. The lowest BCUT2D eigenvalue weighted by Crippen LogP contribution is -2.24. The zero-order valence-corrected chi connectivity index (χ0v) is 20.2. The normalized spacial score (nSPS) is 14.4. The number of benzene rings is 1. The number of rotatable bonds is 6. The molecule has 0 atom stereocenters. The Kier molecular flexibility index (Phi) is 6.02. The van der Waals surface area contributed by atoms with Gasteiger partial charge in [-0.1, -0.05) is 18.2 Å². The first-order valence-electron chi connectivity index (χ1n) is 12.4. The largest absolute Gasteiger partial charge is 0.348 e. The van der Waals surface area contributed by atoms with Crippen LogP contribution in [0.25, 0.3) is 28.3 Å². The minimum Gasteiger partial charge on any atom is -0.348 e. The fourth-order valence-electron chi connectivity index (χ4n) is 4.92. The molecule has 1 fully saturated rings. The molecule has 4 heterocycles. The maximum absolute atomic E-state index is 12.9. The molecule has 0 saturated carbocycles. The van der Waals surface area contributed by atoms with E-state index in [1.807, 2.05) is 65.8 Å². The first kappa shape index (κ1) is 22.8. The summed E-state index contributed by atoms with van der Waals surface area (Å²) in [5.74, 6) is 0.0809. The highest BCUT2D eigenvalue weighted by molar-refractivity contribution is 6.01. The molecule has 0 radical (unpaired) electrons. The van der Waals surface area contributed by atoms with Gasteiger partial charge in [-0.25, -0.2) is 0 Å². The molecule has 2 amide bonds. The molecule has 7 heteroatoms. The molecule has 1 N–H and O–H groups in total. The summed E-state index contributed by atoms with van der Waals surface area (Å²) in [6.45, 7) is 1.21. The Morgan fingerprint density at radius 3 is 2.59 bits per heavy atom. The molecule has 3 aromatic heterocycles. The molecular formula is C30H25N5O2. The first-order valence-corrected chi connectivity index (χ1v) is 12.4. The van der Waals surface area contributed by atoms with Gasteiger partial charge in [-0.05, 0) is 59.5 Å².